The first-order chi connectivity index (χ1) is 17.0. The van der Waals surface area contributed by atoms with Crippen LogP contribution in [0.3, 0.4) is 0 Å². The Morgan fingerprint density at radius 3 is 2.20 bits per heavy atom. The van der Waals surface area contributed by atoms with Gasteiger partial charge in [0.15, 0.2) is 0 Å². The third-order valence-corrected chi connectivity index (χ3v) is 6.97. The van der Waals surface area contributed by atoms with E-state index in [0.717, 1.165) is 50.1 Å². The van der Waals surface area contributed by atoms with Crippen LogP contribution >= 0.6 is 0 Å². The molecule has 0 fully saturated rings. The molecule has 174 valence electrons. The molecular formula is C31H29N3O. The quantitative estimate of drug-likeness (QED) is 0.265. The van der Waals surface area contributed by atoms with Crippen LogP contribution in [0.4, 0.5) is 0 Å². The van der Waals surface area contributed by atoms with Crippen LogP contribution in [-0.4, -0.2) is 14.5 Å². The number of benzene rings is 3. The highest BCUT2D eigenvalue weighted by atomic mass is 16.3. The van der Waals surface area contributed by atoms with Gasteiger partial charge in [-0.15, -0.1) is 0 Å². The number of imidazole rings is 1. The van der Waals surface area contributed by atoms with E-state index in [1.54, 1.807) is 0 Å². The van der Waals surface area contributed by atoms with Crippen molar-refractivity contribution in [2.45, 2.75) is 46.5 Å². The smallest absolute Gasteiger partial charge is 0.149 e. The Labute approximate surface area is 205 Å². The average Bonchev–Trinajstić information content (AvgIpc) is 3.43. The molecule has 4 heteroatoms. The largest absolute Gasteiger partial charge is 0.455 e. The van der Waals surface area contributed by atoms with Crippen molar-refractivity contribution in [2.24, 2.45) is 0 Å². The third kappa shape index (κ3) is 3.28. The van der Waals surface area contributed by atoms with Crippen molar-refractivity contribution in [1.29, 1.82) is 0 Å². The number of fused-ring (bicyclic) bond motifs is 4. The predicted molar refractivity (Wildman–Crippen MR) is 144 cm³/mol. The van der Waals surface area contributed by atoms with E-state index in [1.165, 1.54) is 16.8 Å². The summed E-state index contributed by atoms with van der Waals surface area (Å²) in [6, 6.07) is 23.3. The molecule has 0 radical (unpaired) electrons. The Balaban J connectivity index is 1.79. The maximum absolute atomic E-state index is 6.44. The van der Waals surface area contributed by atoms with Crippen molar-refractivity contribution in [2.75, 3.05) is 0 Å². The predicted octanol–water partition coefficient (Wildman–Crippen LogP) is 8.54. The first-order valence-corrected chi connectivity index (χ1v) is 12.3. The topological polar surface area (TPSA) is 43.9 Å². The van der Waals surface area contributed by atoms with E-state index in [-0.39, 0.29) is 0 Å². The average molecular weight is 460 g/mol. The number of hydrogen-bond donors (Lipinski definition) is 0. The molecule has 6 aromatic rings. The molecule has 0 N–H and O–H groups in total. The maximum Gasteiger partial charge on any atom is 0.149 e. The second-order valence-electron chi connectivity index (χ2n) is 9.91. The summed E-state index contributed by atoms with van der Waals surface area (Å²) in [5.74, 6) is 1.61. The number of pyridine rings is 1. The minimum Gasteiger partial charge on any atom is -0.455 e. The van der Waals surface area contributed by atoms with Crippen LogP contribution in [0.2, 0.25) is 0 Å². The van der Waals surface area contributed by atoms with Crippen LogP contribution < -0.4 is 0 Å². The van der Waals surface area contributed by atoms with Gasteiger partial charge in [-0.25, -0.2) is 4.98 Å². The normalized spacial score (nSPS) is 12.1. The highest BCUT2D eigenvalue weighted by Gasteiger charge is 2.24. The number of rotatable bonds is 4. The first kappa shape index (κ1) is 21.6. The van der Waals surface area contributed by atoms with Crippen molar-refractivity contribution < 1.29 is 4.42 Å². The highest BCUT2D eigenvalue weighted by Crippen LogP contribution is 2.41. The van der Waals surface area contributed by atoms with Crippen LogP contribution in [0.5, 0.6) is 0 Å². The number of nitrogens with zero attached hydrogens (tertiary/aromatic N) is 3. The summed E-state index contributed by atoms with van der Waals surface area (Å²) >= 11 is 0. The summed E-state index contributed by atoms with van der Waals surface area (Å²) in [4.78, 5) is 9.78. The van der Waals surface area contributed by atoms with Gasteiger partial charge in [0.1, 0.15) is 22.5 Å². The summed E-state index contributed by atoms with van der Waals surface area (Å²) < 4.78 is 8.79. The monoisotopic (exact) mass is 459 g/mol. The molecule has 0 aliphatic rings. The van der Waals surface area contributed by atoms with Gasteiger partial charge in [-0.3, -0.25) is 9.55 Å². The lowest BCUT2D eigenvalue weighted by atomic mass is 9.92. The number of aromatic nitrogens is 3. The van der Waals surface area contributed by atoms with E-state index in [9.17, 15) is 0 Å². The highest BCUT2D eigenvalue weighted by molar-refractivity contribution is 6.09. The van der Waals surface area contributed by atoms with E-state index < -0.39 is 0 Å². The van der Waals surface area contributed by atoms with Crippen molar-refractivity contribution >= 4 is 33.0 Å². The molecule has 4 nitrogen and oxygen atoms in total. The van der Waals surface area contributed by atoms with E-state index >= 15 is 0 Å². The molecule has 0 saturated carbocycles. The molecule has 0 atom stereocenters. The summed E-state index contributed by atoms with van der Waals surface area (Å²) in [6.45, 7) is 11.1. The number of furan rings is 1. The Morgan fingerprint density at radius 2 is 1.46 bits per heavy atom. The molecule has 0 amide bonds. The fourth-order valence-corrected chi connectivity index (χ4v) is 5.23. The van der Waals surface area contributed by atoms with E-state index in [2.05, 4.69) is 91.8 Å². The van der Waals surface area contributed by atoms with Crippen molar-refractivity contribution in [3.63, 3.8) is 0 Å². The standard InChI is InChI=1S/C31H29N3O/c1-18(2)21-11-8-12-22(19(3)4)29(21)34-26-16-17-32-20(5)28(26)33-31(34)25-14-9-13-24-23-10-6-7-15-27(23)35-30(24)25/h6-19H,1-5H3. The fourth-order valence-electron chi connectivity index (χ4n) is 5.23. The Hall–Kier alpha value is -3.92. The zero-order chi connectivity index (χ0) is 24.3. The number of aryl methyl sites for hydroxylation is 1. The van der Waals surface area contributed by atoms with Gasteiger partial charge in [-0.2, -0.15) is 0 Å². The van der Waals surface area contributed by atoms with Crippen molar-refractivity contribution in [3.8, 4) is 17.1 Å². The van der Waals surface area contributed by atoms with Gasteiger partial charge in [-0.05, 0) is 48.1 Å². The van der Waals surface area contributed by atoms with Gasteiger partial charge >= 0.3 is 0 Å². The third-order valence-electron chi connectivity index (χ3n) is 6.97. The van der Waals surface area contributed by atoms with Gasteiger partial charge in [0.05, 0.1) is 22.5 Å². The molecule has 3 heterocycles. The summed E-state index contributed by atoms with van der Waals surface area (Å²) in [5, 5.41) is 2.23. The minimum absolute atomic E-state index is 0.360. The number of hydrogen-bond acceptors (Lipinski definition) is 3. The van der Waals surface area contributed by atoms with Crippen LogP contribution in [0.25, 0.3) is 50.0 Å². The first-order valence-electron chi connectivity index (χ1n) is 12.3. The second-order valence-corrected chi connectivity index (χ2v) is 9.91. The van der Waals surface area contributed by atoms with Crippen LogP contribution in [0, 0.1) is 6.92 Å². The lowest BCUT2D eigenvalue weighted by molar-refractivity contribution is 0.669. The molecular weight excluding hydrogens is 430 g/mol. The van der Waals surface area contributed by atoms with Gasteiger partial charge in [-0.1, -0.05) is 76.2 Å². The van der Waals surface area contributed by atoms with Gasteiger partial charge in [0.25, 0.3) is 0 Å². The van der Waals surface area contributed by atoms with Crippen molar-refractivity contribution in [1.82, 2.24) is 14.5 Å². The molecule has 0 unspecified atom stereocenters. The molecule has 0 spiro atoms. The summed E-state index contributed by atoms with van der Waals surface area (Å²) in [6.07, 6.45) is 1.88. The molecule has 0 aliphatic heterocycles. The summed E-state index contributed by atoms with van der Waals surface area (Å²) in [7, 11) is 0. The fraction of sp³-hybridized carbons (Fsp3) is 0.226. The lowest BCUT2D eigenvalue weighted by Crippen LogP contribution is -2.08. The van der Waals surface area contributed by atoms with Crippen LogP contribution in [0.15, 0.2) is 77.3 Å². The van der Waals surface area contributed by atoms with E-state index in [1.807, 2.05) is 25.3 Å². The molecule has 0 saturated heterocycles. The molecule has 3 aromatic carbocycles. The minimum atomic E-state index is 0.360. The molecule has 0 bridgehead atoms. The molecule has 35 heavy (non-hydrogen) atoms. The maximum atomic E-state index is 6.44. The zero-order valence-electron chi connectivity index (χ0n) is 20.8. The Morgan fingerprint density at radius 1 is 0.771 bits per heavy atom. The Kier molecular flexibility index (Phi) is 4.99. The summed E-state index contributed by atoms with van der Waals surface area (Å²) in [5.41, 5.74) is 9.49. The lowest BCUT2D eigenvalue weighted by Gasteiger charge is -2.22. The second kappa shape index (κ2) is 8.09. The van der Waals surface area contributed by atoms with Crippen LogP contribution in [0.1, 0.15) is 56.4 Å². The molecule has 3 aromatic heterocycles. The van der Waals surface area contributed by atoms with Crippen molar-refractivity contribution in [3.05, 3.63) is 89.7 Å². The van der Waals surface area contributed by atoms with Gasteiger partial charge in [0.2, 0.25) is 0 Å². The number of para-hydroxylation sites is 3. The molecule has 6 rings (SSSR count). The van der Waals surface area contributed by atoms with Crippen LogP contribution in [-0.2, 0) is 0 Å². The van der Waals surface area contributed by atoms with Gasteiger partial charge in [0, 0.05) is 17.0 Å². The van der Waals surface area contributed by atoms with E-state index in [0.29, 0.717) is 11.8 Å². The molecule has 0 aliphatic carbocycles. The SMILES string of the molecule is Cc1nccc2c1nc(-c1cccc3c1oc1ccccc13)n2-c1c(C(C)C)cccc1C(C)C. The zero-order valence-corrected chi connectivity index (χ0v) is 20.8. The van der Waals surface area contributed by atoms with E-state index in [4.69, 9.17) is 9.40 Å². The van der Waals surface area contributed by atoms with Gasteiger partial charge < -0.3 is 4.42 Å². The Bertz CT molecular complexity index is 1690.